The highest BCUT2D eigenvalue weighted by Crippen LogP contribution is 2.25. The van der Waals surface area contributed by atoms with E-state index in [0.29, 0.717) is 19.6 Å². The topological polar surface area (TPSA) is 97.8 Å². The van der Waals surface area contributed by atoms with Gasteiger partial charge in [0.1, 0.15) is 24.8 Å². The molecule has 0 aliphatic carbocycles. The summed E-state index contributed by atoms with van der Waals surface area (Å²) >= 11 is 0. The first-order valence-electron chi connectivity index (χ1n) is 10.6. The number of hydrogen-bond donors (Lipinski definition) is 2. The van der Waals surface area contributed by atoms with Crippen molar-refractivity contribution in [1.82, 2.24) is 40.2 Å². The molecule has 0 saturated heterocycles. The lowest BCUT2D eigenvalue weighted by Gasteiger charge is -2.13. The number of aryl methyl sites for hydroxylation is 1. The Kier molecular flexibility index (Phi) is 6.86. The molecule has 4 rings (SSSR count). The Labute approximate surface area is 187 Å². The first-order chi connectivity index (χ1) is 15.7. The lowest BCUT2D eigenvalue weighted by atomic mass is 9.98. The van der Waals surface area contributed by atoms with Crippen LogP contribution in [0.4, 0.5) is 0 Å². The van der Waals surface area contributed by atoms with Gasteiger partial charge in [0, 0.05) is 13.6 Å². The molecule has 2 aromatic heterocycles. The highest BCUT2D eigenvalue weighted by molar-refractivity contribution is 5.80. The molecule has 9 nitrogen and oxygen atoms in total. The second kappa shape index (κ2) is 10.3. The van der Waals surface area contributed by atoms with Crippen molar-refractivity contribution in [1.29, 1.82) is 0 Å². The van der Waals surface area contributed by atoms with Gasteiger partial charge in [0.25, 0.3) is 0 Å². The van der Waals surface area contributed by atoms with Gasteiger partial charge in [-0.1, -0.05) is 48.5 Å². The number of aromatic nitrogens is 6. The molecule has 2 N–H and O–H groups in total. The summed E-state index contributed by atoms with van der Waals surface area (Å²) in [5.74, 6) is 1.59. The number of guanidine groups is 1. The minimum Gasteiger partial charge on any atom is -0.357 e. The molecule has 0 amide bonds. The van der Waals surface area contributed by atoms with Gasteiger partial charge in [0.15, 0.2) is 5.96 Å². The zero-order valence-corrected chi connectivity index (χ0v) is 18.3. The van der Waals surface area contributed by atoms with Gasteiger partial charge < -0.3 is 10.6 Å². The minimum absolute atomic E-state index is 0.553. The van der Waals surface area contributed by atoms with Crippen molar-refractivity contribution in [3.8, 4) is 11.1 Å². The first-order valence-corrected chi connectivity index (χ1v) is 10.6. The second-order valence-electron chi connectivity index (χ2n) is 7.30. The van der Waals surface area contributed by atoms with E-state index in [2.05, 4.69) is 73.3 Å². The Morgan fingerprint density at radius 2 is 1.84 bits per heavy atom. The monoisotopic (exact) mass is 429 g/mol. The van der Waals surface area contributed by atoms with Crippen LogP contribution >= 0.6 is 0 Å². The highest BCUT2D eigenvalue weighted by Gasteiger charge is 2.07. The standard InChI is InChI=1S/C23H27N9/c1-3-25-23(27-13-22-28-16-29-31(22)2)26-12-20-6-4-5-7-21(20)19-10-8-18(9-11-19)14-32-17-24-15-30-32/h4-11,15-17H,3,12-14H2,1-2H3,(H2,25,26,27). The smallest absolute Gasteiger partial charge is 0.191 e. The number of benzene rings is 2. The fourth-order valence-electron chi connectivity index (χ4n) is 3.38. The summed E-state index contributed by atoms with van der Waals surface area (Å²) in [6.45, 7) is 4.64. The van der Waals surface area contributed by atoms with Crippen LogP contribution in [0.25, 0.3) is 11.1 Å². The van der Waals surface area contributed by atoms with Crippen molar-refractivity contribution in [2.24, 2.45) is 12.0 Å². The normalized spacial score (nSPS) is 11.5. The SMILES string of the molecule is CCNC(=NCc1ccccc1-c1ccc(Cn2cncn2)cc1)NCc1ncnn1C. The van der Waals surface area contributed by atoms with Crippen molar-refractivity contribution >= 4 is 5.96 Å². The van der Waals surface area contributed by atoms with Crippen LogP contribution in [0.3, 0.4) is 0 Å². The van der Waals surface area contributed by atoms with Crippen LogP contribution in [0.5, 0.6) is 0 Å². The van der Waals surface area contributed by atoms with Gasteiger partial charge in [-0.3, -0.25) is 4.68 Å². The molecule has 0 aliphatic heterocycles. The molecule has 32 heavy (non-hydrogen) atoms. The Morgan fingerprint density at radius 1 is 1.00 bits per heavy atom. The molecule has 9 heteroatoms. The van der Waals surface area contributed by atoms with Crippen LogP contribution in [0, 0.1) is 0 Å². The van der Waals surface area contributed by atoms with Crippen LogP contribution in [0.1, 0.15) is 23.9 Å². The largest absolute Gasteiger partial charge is 0.357 e. The summed E-state index contributed by atoms with van der Waals surface area (Å²) in [6.07, 6.45) is 4.82. The van der Waals surface area contributed by atoms with E-state index >= 15 is 0 Å². The maximum absolute atomic E-state index is 4.78. The Balaban J connectivity index is 1.47. The molecule has 0 aliphatic rings. The van der Waals surface area contributed by atoms with E-state index in [1.165, 1.54) is 11.1 Å². The summed E-state index contributed by atoms with van der Waals surface area (Å²) in [6, 6.07) is 16.9. The molecule has 164 valence electrons. The average Bonchev–Trinajstić information content (AvgIpc) is 3.48. The lowest BCUT2D eigenvalue weighted by Crippen LogP contribution is -2.37. The van der Waals surface area contributed by atoms with Crippen molar-refractivity contribution in [3.05, 3.63) is 84.5 Å². The van der Waals surface area contributed by atoms with Crippen molar-refractivity contribution in [2.45, 2.75) is 26.6 Å². The molecule has 0 unspecified atom stereocenters. The van der Waals surface area contributed by atoms with Crippen molar-refractivity contribution in [2.75, 3.05) is 6.54 Å². The van der Waals surface area contributed by atoms with Crippen molar-refractivity contribution in [3.63, 3.8) is 0 Å². The summed E-state index contributed by atoms with van der Waals surface area (Å²) in [5.41, 5.74) is 4.67. The molecule has 0 spiro atoms. The van der Waals surface area contributed by atoms with Crippen LogP contribution in [-0.2, 0) is 26.7 Å². The van der Waals surface area contributed by atoms with E-state index in [1.54, 1.807) is 23.7 Å². The average molecular weight is 430 g/mol. The molecule has 2 aromatic carbocycles. The number of aliphatic imine (C=N–C) groups is 1. The zero-order valence-electron chi connectivity index (χ0n) is 18.3. The zero-order chi connectivity index (χ0) is 22.2. The van der Waals surface area contributed by atoms with E-state index < -0.39 is 0 Å². The maximum atomic E-state index is 4.78. The molecule has 0 saturated carbocycles. The number of rotatable bonds is 8. The van der Waals surface area contributed by atoms with Crippen LogP contribution in [0.15, 0.2) is 72.5 Å². The third-order valence-electron chi connectivity index (χ3n) is 5.06. The summed E-state index contributed by atoms with van der Waals surface area (Å²) in [7, 11) is 1.88. The lowest BCUT2D eigenvalue weighted by molar-refractivity contribution is 0.673. The molecular weight excluding hydrogens is 402 g/mol. The fraction of sp³-hybridized carbons (Fsp3) is 0.261. The fourth-order valence-corrected chi connectivity index (χ4v) is 3.38. The predicted molar refractivity (Wildman–Crippen MR) is 124 cm³/mol. The summed E-state index contributed by atoms with van der Waals surface area (Å²) < 4.78 is 3.56. The van der Waals surface area contributed by atoms with Gasteiger partial charge in [-0.2, -0.15) is 10.2 Å². The van der Waals surface area contributed by atoms with Crippen LogP contribution in [-0.4, -0.2) is 42.0 Å². The van der Waals surface area contributed by atoms with Crippen LogP contribution in [0.2, 0.25) is 0 Å². The van der Waals surface area contributed by atoms with Crippen LogP contribution < -0.4 is 10.6 Å². The van der Waals surface area contributed by atoms with E-state index in [9.17, 15) is 0 Å². The second-order valence-corrected chi connectivity index (χ2v) is 7.30. The molecular formula is C23H27N9. The molecule has 0 radical (unpaired) electrons. The van der Waals surface area contributed by atoms with Gasteiger partial charge in [-0.05, 0) is 29.2 Å². The van der Waals surface area contributed by atoms with E-state index in [4.69, 9.17) is 4.99 Å². The Hall–Kier alpha value is -4.01. The predicted octanol–water partition coefficient (Wildman–Crippen LogP) is 2.38. The molecule has 2 heterocycles. The maximum Gasteiger partial charge on any atom is 0.191 e. The molecule has 0 fully saturated rings. The van der Waals surface area contributed by atoms with Gasteiger partial charge >= 0.3 is 0 Å². The third kappa shape index (κ3) is 5.37. The Bertz CT molecular complexity index is 1140. The molecule has 4 aromatic rings. The molecule has 0 bridgehead atoms. The van der Waals surface area contributed by atoms with Crippen molar-refractivity contribution < 1.29 is 0 Å². The van der Waals surface area contributed by atoms with Gasteiger partial charge in [0.05, 0.1) is 19.6 Å². The van der Waals surface area contributed by atoms with Gasteiger partial charge in [0.2, 0.25) is 0 Å². The number of nitrogens with zero attached hydrogens (tertiary/aromatic N) is 7. The summed E-state index contributed by atoms with van der Waals surface area (Å²) in [5, 5.41) is 14.9. The minimum atomic E-state index is 0.553. The summed E-state index contributed by atoms with van der Waals surface area (Å²) in [4.78, 5) is 13.0. The number of nitrogens with one attached hydrogen (secondary N) is 2. The van der Waals surface area contributed by atoms with E-state index in [1.807, 2.05) is 24.7 Å². The van der Waals surface area contributed by atoms with Gasteiger partial charge in [-0.25, -0.2) is 19.6 Å². The van der Waals surface area contributed by atoms with E-state index in [0.717, 1.165) is 29.5 Å². The Morgan fingerprint density at radius 3 is 2.56 bits per heavy atom. The number of hydrogen-bond acceptors (Lipinski definition) is 5. The highest BCUT2D eigenvalue weighted by atomic mass is 15.3. The first kappa shape index (κ1) is 21.2. The quantitative estimate of drug-likeness (QED) is 0.330. The van der Waals surface area contributed by atoms with Gasteiger partial charge in [-0.15, -0.1) is 0 Å². The third-order valence-corrected chi connectivity index (χ3v) is 5.06. The van der Waals surface area contributed by atoms with E-state index in [-0.39, 0.29) is 0 Å². The molecule has 0 atom stereocenters.